The fourth-order valence-electron chi connectivity index (χ4n) is 6.65. The van der Waals surface area contributed by atoms with Gasteiger partial charge < -0.3 is 13.7 Å². The summed E-state index contributed by atoms with van der Waals surface area (Å²) in [5.41, 5.74) is -0.284. The maximum atomic E-state index is 10.7. The minimum absolute atomic E-state index is 0.0944. The molecule has 10 heteroatoms. The molecule has 5 nitrogen and oxygen atoms in total. The van der Waals surface area contributed by atoms with Crippen molar-refractivity contribution in [2.45, 2.75) is 11.2 Å². The van der Waals surface area contributed by atoms with E-state index in [1.165, 1.54) is 48.8 Å². The van der Waals surface area contributed by atoms with Gasteiger partial charge in [0.25, 0.3) is 0 Å². The maximum Gasteiger partial charge on any atom is 0.485 e. The molecule has 0 amide bonds. The van der Waals surface area contributed by atoms with Gasteiger partial charge >= 0.3 is 5.51 Å². The zero-order chi connectivity index (χ0) is 34.1. The van der Waals surface area contributed by atoms with Gasteiger partial charge in [0.05, 0.1) is 0 Å². The Morgan fingerprint density at radius 1 is 0.562 bits per heavy atom. The Kier molecular flexibility index (Phi) is 9.05. The monoisotopic (exact) mass is 684 g/mol. The van der Waals surface area contributed by atoms with Crippen LogP contribution >= 0.6 is 7.26 Å². The van der Waals surface area contributed by atoms with E-state index in [2.05, 4.69) is 175 Å². The SMILES string of the molecule is Cn1cc(C(c2cn(C)c3ccccc23)[P+](c2ccccc2)(c2ccccc2)c2ccccc2)c2ccccc21.O=S(=O)([O-])C(F)(F)F. The van der Waals surface area contributed by atoms with Gasteiger partial charge in [-0.15, -0.1) is 0 Å². The third kappa shape index (κ3) is 5.94. The molecule has 0 aliphatic heterocycles. The molecule has 7 rings (SSSR count). The Hall–Kier alpha value is -4.69. The molecule has 0 spiro atoms. The van der Waals surface area contributed by atoms with Crippen LogP contribution in [0.1, 0.15) is 16.8 Å². The fourth-order valence-corrected chi connectivity index (χ4v) is 11.6. The summed E-state index contributed by atoms with van der Waals surface area (Å²) in [5.74, 6) is 0. The van der Waals surface area contributed by atoms with Crippen LogP contribution in [0.3, 0.4) is 0 Å². The van der Waals surface area contributed by atoms with Crippen LogP contribution in [0.5, 0.6) is 0 Å². The highest BCUT2D eigenvalue weighted by atomic mass is 32.2. The van der Waals surface area contributed by atoms with E-state index in [0.29, 0.717) is 0 Å². The molecule has 0 bridgehead atoms. The first-order valence-electron chi connectivity index (χ1n) is 15.1. The number of hydrogen-bond donors (Lipinski definition) is 0. The number of nitrogens with zero attached hydrogens (tertiary/aromatic N) is 2. The number of halogens is 3. The molecule has 0 fully saturated rings. The summed E-state index contributed by atoms with van der Waals surface area (Å²) in [6.45, 7) is 0. The molecule has 0 aliphatic carbocycles. The van der Waals surface area contributed by atoms with Gasteiger partial charge in [-0.3, -0.25) is 0 Å². The van der Waals surface area contributed by atoms with Crippen molar-refractivity contribution in [2.75, 3.05) is 0 Å². The summed E-state index contributed by atoms with van der Waals surface area (Å²) in [7, 11) is -4.05. The van der Waals surface area contributed by atoms with Gasteiger partial charge in [0.15, 0.2) is 10.1 Å². The van der Waals surface area contributed by atoms with Crippen molar-refractivity contribution in [3.8, 4) is 0 Å². The zero-order valence-corrected chi connectivity index (χ0v) is 27.8. The summed E-state index contributed by atoms with van der Waals surface area (Å²) in [6.07, 6.45) is 4.78. The van der Waals surface area contributed by atoms with Crippen molar-refractivity contribution in [2.24, 2.45) is 14.1 Å². The lowest BCUT2D eigenvalue weighted by molar-refractivity contribution is -0.0517. The largest absolute Gasteiger partial charge is 0.741 e. The number of alkyl halides is 3. The van der Waals surface area contributed by atoms with Crippen molar-refractivity contribution in [3.05, 3.63) is 163 Å². The lowest BCUT2D eigenvalue weighted by Crippen LogP contribution is -2.35. The molecule has 244 valence electrons. The second-order valence-corrected chi connectivity index (χ2v) is 16.3. The van der Waals surface area contributed by atoms with Crippen LogP contribution in [0.25, 0.3) is 21.8 Å². The van der Waals surface area contributed by atoms with Gasteiger partial charge in [0.2, 0.25) is 0 Å². The van der Waals surface area contributed by atoms with E-state index in [-0.39, 0.29) is 5.66 Å². The molecule has 0 saturated heterocycles. The highest BCUT2D eigenvalue weighted by molar-refractivity contribution is 7.96. The van der Waals surface area contributed by atoms with E-state index in [4.69, 9.17) is 13.0 Å². The van der Waals surface area contributed by atoms with Crippen LogP contribution in [-0.2, 0) is 24.2 Å². The van der Waals surface area contributed by atoms with Gasteiger partial charge in [-0.05, 0) is 48.5 Å². The Labute approximate surface area is 278 Å². The zero-order valence-electron chi connectivity index (χ0n) is 26.1. The van der Waals surface area contributed by atoms with Crippen molar-refractivity contribution < 1.29 is 26.1 Å². The molecule has 5 aromatic carbocycles. The first kappa shape index (κ1) is 33.2. The Balaban J connectivity index is 0.000000449. The third-order valence-corrected chi connectivity index (χ3v) is 13.8. The first-order chi connectivity index (χ1) is 22.9. The van der Waals surface area contributed by atoms with Crippen LogP contribution in [0, 0.1) is 0 Å². The summed E-state index contributed by atoms with van der Waals surface area (Å²) < 4.78 is 63.5. The van der Waals surface area contributed by atoms with E-state index in [1.54, 1.807) is 0 Å². The lowest BCUT2D eigenvalue weighted by Gasteiger charge is -2.35. The molecule has 0 unspecified atom stereocenters. The third-order valence-electron chi connectivity index (χ3n) is 8.61. The van der Waals surface area contributed by atoms with Crippen molar-refractivity contribution >= 4 is 55.1 Å². The van der Waals surface area contributed by atoms with Crippen LogP contribution < -0.4 is 15.9 Å². The average Bonchev–Trinajstić information content (AvgIpc) is 3.60. The minimum Gasteiger partial charge on any atom is -0.741 e. The predicted molar refractivity (Wildman–Crippen MR) is 189 cm³/mol. The Morgan fingerprint density at radius 3 is 1.17 bits per heavy atom. The van der Waals surface area contributed by atoms with Crippen molar-refractivity contribution in [1.82, 2.24) is 9.13 Å². The van der Waals surface area contributed by atoms with E-state index in [9.17, 15) is 13.2 Å². The van der Waals surface area contributed by atoms with Crippen LogP contribution in [0.4, 0.5) is 13.2 Å². The molecule has 0 atom stereocenters. The number of aromatic nitrogens is 2. The minimum atomic E-state index is -6.09. The molecule has 48 heavy (non-hydrogen) atoms. The summed E-state index contributed by atoms with van der Waals surface area (Å²) in [5, 5.41) is 6.79. The normalized spacial score (nSPS) is 12.3. The van der Waals surface area contributed by atoms with Gasteiger partial charge in [-0.1, -0.05) is 91.0 Å². The summed E-state index contributed by atoms with van der Waals surface area (Å²) in [6, 6.07) is 51.6. The quantitative estimate of drug-likeness (QED) is 0.102. The first-order valence-corrected chi connectivity index (χ1v) is 18.4. The number of para-hydroxylation sites is 2. The standard InChI is InChI=1S/C37H32N2P.CHF3O3S/c1-38-26-33(31-22-12-14-24-35(31)38)37(34-27-39(2)36-25-15-13-23-32(34)36)40(28-16-6-3-7-17-28,29-18-8-4-9-19-29)30-20-10-5-11-21-30;2-1(3,4)8(5,6)7/h3-27,37H,1-2H3;(H,5,6,7)/q+1;/p-1. The van der Waals surface area contributed by atoms with Gasteiger partial charge in [-0.25, -0.2) is 8.42 Å². The van der Waals surface area contributed by atoms with E-state index < -0.39 is 22.9 Å². The highest BCUT2D eigenvalue weighted by Crippen LogP contribution is 2.70. The van der Waals surface area contributed by atoms with Crippen LogP contribution in [-0.4, -0.2) is 27.6 Å². The second kappa shape index (κ2) is 13.1. The summed E-state index contributed by atoms with van der Waals surface area (Å²) >= 11 is 0. The Morgan fingerprint density at radius 2 is 0.854 bits per heavy atom. The fraction of sp³-hybridized carbons (Fsp3) is 0.105. The lowest BCUT2D eigenvalue weighted by atomic mass is 10.0. The number of hydrogen-bond acceptors (Lipinski definition) is 3. The molecule has 0 saturated carbocycles. The number of benzene rings is 5. The van der Waals surface area contributed by atoms with Crippen molar-refractivity contribution in [1.29, 1.82) is 0 Å². The highest BCUT2D eigenvalue weighted by Gasteiger charge is 2.55. The smallest absolute Gasteiger partial charge is 0.485 e. The molecular formula is C38H32F3N2O3PS. The van der Waals surface area contributed by atoms with Crippen LogP contribution in [0.2, 0.25) is 0 Å². The molecule has 0 N–H and O–H groups in total. The molecule has 7 aromatic rings. The number of rotatable bonds is 6. The topological polar surface area (TPSA) is 67.1 Å². The molecule has 0 aliphatic rings. The van der Waals surface area contributed by atoms with Gasteiger partial charge in [-0.2, -0.15) is 13.2 Å². The molecule has 0 radical (unpaired) electrons. The van der Waals surface area contributed by atoms with Crippen molar-refractivity contribution in [3.63, 3.8) is 0 Å². The van der Waals surface area contributed by atoms with E-state index >= 15 is 0 Å². The second-order valence-electron chi connectivity index (χ2n) is 11.5. The Bertz CT molecular complexity index is 2110. The number of aryl methyl sites for hydroxylation is 2. The molecular weight excluding hydrogens is 652 g/mol. The predicted octanol–water partition coefficient (Wildman–Crippen LogP) is 7.80. The molecule has 2 aromatic heterocycles. The average molecular weight is 685 g/mol. The molecule has 2 heterocycles. The van der Waals surface area contributed by atoms with E-state index in [0.717, 1.165) is 0 Å². The number of fused-ring (bicyclic) bond motifs is 2. The van der Waals surface area contributed by atoms with Gasteiger partial charge in [0.1, 0.15) is 28.8 Å². The summed E-state index contributed by atoms with van der Waals surface area (Å²) in [4.78, 5) is 0. The van der Waals surface area contributed by atoms with Crippen LogP contribution in [0.15, 0.2) is 152 Å². The van der Waals surface area contributed by atoms with E-state index in [1.807, 2.05) is 0 Å². The van der Waals surface area contributed by atoms with Gasteiger partial charge in [0, 0.05) is 59.4 Å². The maximum absolute atomic E-state index is 10.7.